The molecule has 0 aliphatic carbocycles. The van der Waals surface area contributed by atoms with Gasteiger partial charge >= 0.3 is 0 Å². The first kappa shape index (κ1) is 15.3. The fourth-order valence-electron chi connectivity index (χ4n) is 2.28. The van der Waals surface area contributed by atoms with Crippen molar-refractivity contribution < 1.29 is 4.79 Å². The van der Waals surface area contributed by atoms with Gasteiger partial charge < -0.3 is 0 Å². The quantitative estimate of drug-likeness (QED) is 0.817. The molecule has 2 nitrogen and oxygen atoms in total. The maximum atomic E-state index is 12.3. The van der Waals surface area contributed by atoms with Crippen LogP contribution in [0, 0.1) is 18.3 Å². The van der Waals surface area contributed by atoms with Crippen LogP contribution in [0.25, 0.3) is 0 Å². The topological polar surface area (TPSA) is 40.9 Å². The smallest absolute Gasteiger partial charge is 0.154 e. The lowest BCUT2D eigenvalue weighted by atomic mass is 9.92. The minimum atomic E-state index is -0.716. The Labute approximate surface area is 130 Å². The third-order valence-corrected chi connectivity index (χ3v) is 3.81. The molecule has 3 heteroatoms. The molecule has 21 heavy (non-hydrogen) atoms. The first-order chi connectivity index (χ1) is 10.1. The number of carbonyl (C=O) groups is 1. The number of halogens is 1. The molecule has 1 unspecified atom stereocenters. The fraction of sp³-hybridized carbons (Fsp3) is 0.222. The zero-order chi connectivity index (χ0) is 15.2. The molecule has 0 aliphatic heterocycles. The van der Waals surface area contributed by atoms with E-state index in [4.69, 9.17) is 11.6 Å². The molecule has 2 rings (SSSR count). The first-order valence-corrected chi connectivity index (χ1v) is 7.22. The zero-order valence-electron chi connectivity index (χ0n) is 11.8. The number of hydrogen-bond acceptors (Lipinski definition) is 2. The second-order valence-electron chi connectivity index (χ2n) is 5.01. The third kappa shape index (κ3) is 3.93. The second kappa shape index (κ2) is 7.06. The van der Waals surface area contributed by atoms with Crippen molar-refractivity contribution >= 4 is 17.4 Å². The Hall–Kier alpha value is -2.11. The maximum Gasteiger partial charge on any atom is 0.154 e. The van der Waals surface area contributed by atoms with Crippen molar-refractivity contribution in [1.82, 2.24) is 0 Å². The fourth-order valence-corrected chi connectivity index (χ4v) is 2.41. The molecule has 0 saturated carbocycles. The Kier molecular flexibility index (Phi) is 5.14. The van der Waals surface area contributed by atoms with Gasteiger partial charge in [0.1, 0.15) is 5.92 Å². The van der Waals surface area contributed by atoms with Crippen molar-refractivity contribution in [1.29, 1.82) is 5.26 Å². The van der Waals surface area contributed by atoms with Crippen LogP contribution >= 0.6 is 11.6 Å². The summed E-state index contributed by atoms with van der Waals surface area (Å²) in [6, 6.07) is 17.0. The van der Waals surface area contributed by atoms with Crippen molar-refractivity contribution in [3.63, 3.8) is 0 Å². The molecule has 0 spiro atoms. The monoisotopic (exact) mass is 297 g/mol. The Balaban J connectivity index is 2.06. The zero-order valence-corrected chi connectivity index (χ0v) is 12.6. The first-order valence-electron chi connectivity index (χ1n) is 6.84. The predicted octanol–water partition coefficient (Wildman–Crippen LogP) is 4.46. The summed E-state index contributed by atoms with van der Waals surface area (Å²) in [6.45, 7) is 2.03. The SMILES string of the molecule is Cc1ccccc1CCC(=O)C(C#N)c1ccc(Cl)cc1. The van der Waals surface area contributed by atoms with Crippen molar-refractivity contribution in [3.05, 3.63) is 70.2 Å². The molecule has 0 aromatic heterocycles. The molecule has 2 aromatic carbocycles. The van der Waals surface area contributed by atoms with Gasteiger partial charge in [-0.25, -0.2) is 0 Å². The van der Waals surface area contributed by atoms with Crippen molar-refractivity contribution in [3.8, 4) is 6.07 Å². The third-order valence-electron chi connectivity index (χ3n) is 3.56. The minimum Gasteiger partial charge on any atom is -0.298 e. The molecule has 0 amide bonds. The summed E-state index contributed by atoms with van der Waals surface area (Å²) in [4.78, 5) is 12.3. The van der Waals surface area contributed by atoms with Gasteiger partial charge in [-0.3, -0.25) is 4.79 Å². The molecular formula is C18H16ClNO. The van der Waals surface area contributed by atoms with Crippen LogP contribution in [-0.4, -0.2) is 5.78 Å². The average Bonchev–Trinajstić information content (AvgIpc) is 2.49. The van der Waals surface area contributed by atoms with Gasteiger partial charge in [0, 0.05) is 11.4 Å². The number of nitrogens with zero attached hydrogens (tertiary/aromatic N) is 1. The number of ketones is 1. The summed E-state index contributed by atoms with van der Waals surface area (Å²) in [5, 5.41) is 9.87. The van der Waals surface area contributed by atoms with Crippen LogP contribution in [0.1, 0.15) is 29.0 Å². The summed E-state index contributed by atoms with van der Waals surface area (Å²) in [7, 11) is 0. The van der Waals surface area contributed by atoms with Crippen LogP contribution in [0.2, 0.25) is 5.02 Å². The van der Waals surface area contributed by atoms with E-state index >= 15 is 0 Å². The van der Waals surface area contributed by atoms with E-state index in [9.17, 15) is 10.1 Å². The van der Waals surface area contributed by atoms with Crippen LogP contribution in [-0.2, 0) is 11.2 Å². The van der Waals surface area contributed by atoms with Gasteiger partial charge in [-0.05, 0) is 42.2 Å². The number of benzene rings is 2. The van der Waals surface area contributed by atoms with E-state index in [1.165, 1.54) is 5.56 Å². The van der Waals surface area contributed by atoms with E-state index in [2.05, 4.69) is 6.07 Å². The number of Topliss-reactive ketones (excluding diaryl/α,β-unsaturated/α-hetero) is 1. The molecule has 0 aliphatic rings. The predicted molar refractivity (Wildman–Crippen MR) is 84.3 cm³/mol. The van der Waals surface area contributed by atoms with Crippen molar-refractivity contribution in [2.45, 2.75) is 25.7 Å². The Morgan fingerprint density at radius 1 is 1.19 bits per heavy atom. The number of carbonyl (C=O) groups excluding carboxylic acids is 1. The van der Waals surface area contributed by atoms with Gasteiger partial charge in [0.2, 0.25) is 0 Å². The highest BCUT2D eigenvalue weighted by Gasteiger charge is 2.19. The molecule has 0 radical (unpaired) electrons. The van der Waals surface area contributed by atoms with Crippen LogP contribution in [0.4, 0.5) is 0 Å². The minimum absolute atomic E-state index is 0.0527. The van der Waals surface area contributed by atoms with Gasteiger partial charge in [-0.2, -0.15) is 5.26 Å². The lowest BCUT2D eigenvalue weighted by molar-refractivity contribution is -0.119. The van der Waals surface area contributed by atoms with Crippen LogP contribution < -0.4 is 0 Å². The van der Waals surface area contributed by atoms with E-state index in [1.54, 1.807) is 24.3 Å². The molecule has 0 bridgehead atoms. The van der Waals surface area contributed by atoms with E-state index in [1.807, 2.05) is 31.2 Å². The molecule has 106 valence electrons. The molecule has 0 heterocycles. The normalized spacial score (nSPS) is 11.7. The van der Waals surface area contributed by atoms with Crippen LogP contribution in [0.15, 0.2) is 48.5 Å². The maximum absolute atomic E-state index is 12.3. The standard InChI is InChI=1S/C18H16ClNO/c1-13-4-2-3-5-14(13)8-11-18(21)17(12-20)15-6-9-16(19)10-7-15/h2-7,9-10,17H,8,11H2,1H3. The molecular weight excluding hydrogens is 282 g/mol. The molecule has 0 N–H and O–H groups in total. The highest BCUT2D eigenvalue weighted by molar-refractivity contribution is 6.30. The Morgan fingerprint density at radius 3 is 2.48 bits per heavy atom. The van der Waals surface area contributed by atoms with Crippen LogP contribution in [0.3, 0.4) is 0 Å². The molecule has 0 fully saturated rings. The van der Waals surface area contributed by atoms with Crippen LogP contribution in [0.5, 0.6) is 0 Å². The summed E-state index contributed by atoms with van der Waals surface area (Å²) in [5.41, 5.74) is 3.03. The summed E-state index contributed by atoms with van der Waals surface area (Å²) >= 11 is 5.83. The highest BCUT2D eigenvalue weighted by atomic mass is 35.5. The van der Waals surface area contributed by atoms with Gasteiger partial charge in [-0.1, -0.05) is 48.0 Å². The molecule has 0 saturated heterocycles. The lowest BCUT2D eigenvalue weighted by Crippen LogP contribution is -2.12. The van der Waals surface area contributed by atoms with Gasteiger partial charge in [-0.15, -0.1) is 0 Å². The Morgan fingerprint density at radius 2 is 1.86 bits per heavy atom. The summed E-state index contributed by atoms with van der Waals surface area (Å²) in [6.07, 6.45) is 1.03. The average molecular weight is 298 g/mol. The van der Waals surface area contributed by atoms with E-state index in [0.717, 1.165) is 5.56 Å². The van der Waals surface area contributed by atoms with Gasteiger partial charge in [0.25, 0.3) is 0 Å². The number of hydrogen-bond donors (Lipinski definition) is 0. The van der Waals surface area contributed by atoms with E-state index in [-0.39, 0.29) is 5.78 Å². The second-order valence-corrected chi connectivity index (χ2v) is 5.44. The summed E-state index contributed by atoms with van der Waals surface area (Å²) in [5.74, 6) is -0.769. The van der Waals surface area contributed by atoms with E-state index < -0.39 is 5.92 Å². The molecule has 2 aromatic rings. The lowest BCUT2D eigenvalue weighted by Gasteiger charge is -2.10. The molecule has 1 atom stereocenters. The van der Waals surface area contributed by atoms with Gasteiger partial charge in [0.15, 0.2) is 5.78 Å². The largest absolute Gasteiger partial charge is 0.298 e. The number of rotatable bonds is 5. The highest BCUT2D eigenvalue weighted by Crippen LogP contribution is 2.21. The van der Waals surface area contributed by atoms with Crippen molar-refractivity contribution in [2.24, 2.45) is 0 Å². The van der Waals surface area contributed by atoms with E-state index in [0.29, 0.717) is 23.4 Å². The van der Waals surface area contributed by atoms with Gasteiger partial charge in [0.05, 0.1) is 6.07 Å². The Bertz CT molecular complexity index is 670. The number of aryl methyl sites for hydroxylation is 2. The van der Waals surface area contributed by atoms with Crippen molar-refractivity contribution in [2.75, 3.05) is 0 Å². The summed E-state index contributed by atoms with van der Waals surface area (Å²) < 4.78 is 0. The number of nitriles is 1.